The van der Waals surface area contributed by atoms with E-state index in [4.69, 9.17) is 0 Å². The first-order chi connectivity index (χ1) is 9.04. The number of benzene rings is 1. The molecule has 0 aliphatic carbocycles. The van der Waals surface area contributed by atoms with E-state index in [0.29, 0.717) is 11.0 Å². The van der Waals surface area contributed by atoms with Gasteiger partial charge in [-0.3, -0.25) is 0 Å². The van der Waals surface area contributed by atoms with Gasteiger partial charge in [0.15, 0.2) is 0 Å². The van der Waals surface area contributed by atoms with Crippen LogP contribution in [0.2, 0.25) is 0 Å². The molecule has 0 bridgehead atoms. The topological polar surface area (TPSA) is 3.24 Å². The summed E-state index contributed by atoms with van der Waals surface area (Å²) in [6, 6.07) is 7.04. The fourth-order valence-electron chi connectivity index (χ4n) is 4.58. The maximum absolute atomic E-state index is 2.70. The molecule has 2 aliphatic rings. The third-order valence-corrected chi connectivity index (χ3v) is 5.64. The Kier molecular flexibility index (Phi) is 2.92. The van der Waals surface area contributed by atoms with Crippen LogP contribution in [0.1, 0.15) is 64.5 Å². The lowest BCUT2D eigenvalue weighted by Crippen LogP contribution is -2.55. The fourth-order valence-corrected chi connectivity index (χ4v) is 4.58. The molecule has 0 saturated heterocycles. The highest BCUT2D eigenvalue weighted by Gasteiger charge is 2.46. The van der Waals surface area contributed by atoms with Crippen LogP contribution in [-0.4, -0.2) is 12.1 Å². The van der Waals surface area contributed by atoms with Crippen LogP contribution >= 0.6 is 0 Å². The highest BCUT2D eigenvalue weighted by Crippen LogP contribution is 2.52. The van der Waals surface area contributed by atoms with Crippen molar-refractivity contribution in [3.8, 4) is 0 Å². The van der Waals surface area contributed by atoms with Crippen molar-refractivity contribution >= 4 is 5.69 Å². The molecule has 3 rings (SSSR count). The molecule has 0 spiro atoms. The summed E-state index contributed by atoms with van der Waals surface area (Å²) in [4.78, 5) is 2.70. The van der Waals surface area contributed by atoms with Crippen molar-refractivity contribution in [2.75, 3.05) is 11.4 Å². The number of hydrogen-bond donors (Lipinski definition) is 0. The molecule has 0 N–H and O–H groups in total. The third-order valence-electron chi connectivity index (χ3n) is 5.64. The van der Waals surface area contributed by atoms with E-state index in [0.717, 1.165) is 0 Å². The van der Waals surface area contributed by atoms with Crippen LogP contribution < -0.4 is 4.90 Å². The molecule has 1 aromatic carbocycles. The molecule has 0 aromatic heterocycles. The number of nitrogens with zero attached hydrogens (tertiary/aromatic N) is 1. The van der Waals surface area contributed by atoms with Crippen LogP contribution in [0, 0.1) is 0 Å². The summed E-state index contributed by atoms with van der Waals surface area (Å²) in [5.41, 5.74) is 5.50. The third kappa shape index (κ3) is 1.74. The Hall–Kier alpha value is -0.980. The smallest absolute Gasteiger partial charge is 0.0441 e. The summed E-state index contributed by atoms with van der Waals surface area (Å²) >= 11 is 0. The van der Waals surface area contributed by atoms with Gasteiger partial charge < -0.3 is 4.90 Å². The average molecular weight is 257 g/mol. The predicted molar refractivity (Wildman–Crippen MR) is 83.1 cm³/mol. The second kappa shape index (κ2) is 4.26. The van der Waals surface area contributed by atoms with Crippen molar-refractivity contribution in [3.63, 3.8) is 0 Å². The minimum absolute atomic E-state index is 0.301. The van der Waals surface area contributed by atoms with Gasteiger partial charge in [-0.05, 0) is 62.5 Å². The number of aryl methyl sites for hydroxylation is 1. The highest BCUT2D eigenvalue weighted by atomic mass is 15.2. The first-order valence-electron chi connectivity index (χ1n) is 7.94. The van der Waals surface area contributed by atoms with Crippen molar-refractivity contribution in [3.05, 3.63) is 29.3 Å². The SMILES string of the molecule is CCC1(CC)CC(C)(C)N2CCCc3cccc1c32. The van der Waals surface area contributed by atoms with Crippen molar-refractivity contribution in [1.29, 1.82) is 0 Å². The van der Waals surface area contributed by atoms with Gasteiger partial charge in [0.05, 0.1) is 0 Å². The molecule has 2 aliphatic heterocycles. The van der Waals surface area contributed by atoms with E-state index in [-0.39, 0.29) is 0 Å². The first-order valence-corrected chi connectivity index (χ1v) is 7.94. The zero-order chi connectivity index (χ0) is 13.7. The van der Waals surface area contributed by atoms with E-state index in [1.54, 1.807) is 16.8 Å². The maximum atomic E-state index is 2.70. The normalized spacial score (nSPS) is 23.1. The minimum Gasteiger partial charge on any atom is -0.366 e. The van der Waals surface area contributed by atoms with Gasteiger partial charge in [0.1, 0.15) is 0 Å². The van der Waals surface area contributed by atoms with Gasteiger partial charge in [-0.1, -0.05) is 32.0 Å². The van der Waals surface area contributed by atoms with Crippen LogP contribution in [-0.2, 0) is 11.8 Å². The number of anilines is 1. The second-order valence-electron chi connectivity index (χ2n) is 7.05. The van der Waals surface area contributed by atoms with Gasteiger partial charge in [-0.25, -0.2) is 0 Å². The van der Waals surface area contributed by atoms with Crippen LogP contribution in [0.15, 0.2) is 18.2 Å². The van der Waals surface area contributed by atoms with Gasteiger partial charge in [-0.15, -0.1) is 0 Å². The Labute approximate surface area is 118 Å². The number of hydrogen-bond acceptors (Lipinski definition) is 1. The lowest BCUT2D eigenvalue weighted by atomic mass is 9.63. The molecule has 1 aromatic rings. The van der Waals surface area contributed by atoms with E-state index in [1.165, 1.54) is 38.6 Å². The van der Waals surface area contributed by atoms with Crippen LogP contribution in [0.5, 0.6) is 0 Å². The zero-order valence-electron chi connectivity index (χ0n) is 12.9. The van der Waals surface area contributed by atoms with E-state index >= 15 is 0 Å². The van der Waals surface area contributed by atoms with E-state index in [9.17, 15) is 0 Å². The summed E-state index contributed by atoms with van der Waals surface area (Å²) in [5.74, 6) is 0. The number of para-hydroxylation sites is 1. The van der Waals surface area contributed by atoms with Gasteiger partial charge in [0.2, 0.25) is 0 Å². The summed E-state index contributed by atoms with van der Waals surface area (Å²) in [6.07, 6.45) is 6.39. The zero-order valence-corrected chi connectivity index (χ0v) is 12.9. The monoisotopic (exact) mass is 257 g/mol. The molecule has 0 fully saturated rings. The molecule has 19 heavy (non-hydrogen) atoms. The van der Waals surface area contributed by atoms with Crippen LogP contribution in [0.4, 0.5) is 5.69 Å². The van der Waals surface area contributed by atoms with Gasteiger partial charge in [0.25, 0.3) is 0 Å². The molecule has 104 valence electrons. The minimum atomic E-state index is 0.301. The van der Waals surface area contributed by atoms with E-state index in [2.05, 4.69) is 50.8 Å². The molecule has 0 amide bonds. The van der Waals surface area contributed by atoms with Crippen molar-refractivity contribution in [1.82, 2.24) is 0 Å². The van der Waals surface area contributed by atoms with Crippen LogP contribution in [0.25, 0.3) is 0 Å². The molecule has 1 nitrogen and oxygen atoms in total. The standard InChI is InChI=1S/C18H27N/c1-5-18(6-2)13-17(3,4)19-12-8-10-14-9-7-11-15(18)16(14)19/h7,9,11H,5-6,8,10,12-13H2,1-4H3. The second-order valence-corrected chi connectivity index (χ2v) is 7.05. The van der Waals surface area contributed by atoms with Gasteiger partial charge in [-0.2, -0.15) is 0 Å². The molecule has 0 saturated carbocycles. The lowest BCUT2D eigenvalue weighted by Gasteiger charge is -2.55. The van der Waals surface area contributed by atoms with E-state index in [1.807, 2.05) is 0 Å². The molecule has 0 atom stereocenters. The fraction of sp³-hybridized carbons (Fsp3) is 0.667. The van der Waals surface area contributed by atoms with Gasteiger partial charge >= 0.3 is 0 Å². The number of rotatable bonds is 2. The summed E-state index contributed by atoms with van der Waals surface area (Å²) in [7, 11) is 0. The maximum Gasteiger partial charge on any atom is 0.0441 e. The van der Waals surface area contributed by atoms with Crippen molar-refractivity contribution < 1.29 is 0 Å². The lowest BCUT2D eigenvalue weighted by molar-refractivity contribution is 0.250. The Balaban J connectivity index is 2.26. The molecule has 2 heterocycles. The summed E-state index contributed by atoms with van der Waals surface area (Å²) in [5, 5.41) is 0. The largest absolute Gasteiger partial charge is 0.366 e. The predicted octanol–water partition coefficient (Wildman–Crippen LogP) is 4.68. The summed E-state index contributed by atoms with van der Waals surface area (Å²) < 4.78 is 0. The molecule has 1 heteroatoms. The molecule has 0 unspecified atom stereocenters. The molecule has 0 radical (unpaired) electrons. The van der Waals surface area contributed by atoms with Crippen LogP contribution in [0.3, 0.4) is 0 Å². The Morgan fingerprint density at radius 2 is 1.89 bits per heavy atom. The van der Waals surface area contributed by atoms with Gasteiger partial charge in [0, 0.05) is 17.8 Å². The van der Waals surface area contributed by atoms with Crippen molar-refractivity contribution in [2.45, 2.75) is 70.8 Å². The Morgan fingerprint density at radius 3 is 2.58 bits per heavy atom. The molecular formula is C18H27N. The molecular weight excluding hydrogens is 230 g/mol. The summed E-state index contributed by atoms with van der Waals surface area (Å²) in [6.45, 7) is 10.9. The average Bonchev–Trinajstić information content (AvgIpc) is 2.43. The van der Waals surface area contributed by atoms with E-state index < -0.39 is 0 Å². The van der Waals surface area contributed by atoms with Crippen molar-refractivity contribution in [2.24, 2.45) is 0 Å². The first kappa shape index (κ1) is 13.0. The quantitative estimate of drug-likeness (QED) is 0.743. The highest BCUT2D eigenvalue weighted by molar-refractivity contribution is 5.67. The Morgan fingerprint density at radius 1 is 1.16 bits per heavy atom. The Bertz CT molecular complexity index is 482.